The van der Waals surface area contributed by atoms with Crippen molar-refractivity contribution in [3.8, 4) is 0 Å². The summed E-state index contributed by atoms with van der Waals surface area (Å²) in [5.41, 5.74) is 5.19. The first-order valence-electron chi connectivity index (χ1n) is 6.33. The molecule has 1 aromatic carbocycles. The lowest BCUT2D eigenvalue weighted by molar-refractivity contribution is -0.148. The number of rotatable bonds is 3. The number of benzene rings is 1. The Morgan fingerprint density at radius 3 is 2.95 bits per heavy atom. The smallest absolute Gasteiger partial charge is 0.325 e. The van der Waals surface area contributed by atoms with Crippen molar-refractivity contribution in [2.75, 3.05) is 7.11 Å². The van der Waals surface area contributed by atoms with E-state index >= 15 is 0 Å². The summed E-state index contributed by atoms with van der Waals surface area (Å²) in [6, 6.07) is 6.68. The number of carbonyl (C=O) groups excluding carboxylic acids is 1. The van der Waals surface area contributed by atoms with Crippen molar-refractivity contribution >= 4 is 17.7 Å². The standard InChI is InChI=1S/C14H18FNO2S/c1-18-13(17)14(16)8-4-5-10(9-14)19-12-7-3-2-6-11(12)15/h2-3,6-7,10H,4-5,8-9,16H2,1H3. The summed E-state index contributed by atoms with van der Waals surface area (Å²) in [4.78, 5) is 12.3. The topological polar surface area (TPSA) is 52.3 Å². The molecule has 2 N–H and O–H groups in total. The monoisotopic (exact) mass is 283 g/mol. The molecule has 5 heteroatoms. The maximum absolute atomic E-state index is 13.6. The van der Waals surface area contributed by atoms with Crippen LogP contribution in [0.25, 0.3) is 0 Å². The molecule has 2 rings (SSSR count). The van der Waals surface area contributed by atoms with Gasteiger partial charge < -0.3 is 10.5 Å². The average molecular weight is 283 g/mol. The Kier molecular flexibility index (Phi) is 4.47. The third-order valence-corrected chi connectivity index (χ3v) is 4.78. The van der Waals surface area contributed by atoms with Crippen molar-refractivity contribution in [2.24, 2.45) is 5.73 Å². The van der Waals surface area contributed by atoms with Gasteiger partial charge in [-0.15, -0.1) is 11.8 Å². The number of nitrogens with two attached hydrogens (primary N) is 1. The van der Waals surface area contributed by atoms with E-state index in [1.165, 1.54) is 24.9 Å². The fourth-order valence-electron chi connectivity index (χ4n) is 2.46. The van der Waals surface area contributed by atoms with Gasteiger partial charge in [-0.25, -0.2) is 4.39 Å². The maximum atomic E-state index is 13.6. The van der Waals surface area contributed by atoms with Crippen LogP contribution in [0.5, 0.6) is 0 Å². The molecule has 0 aliphatic heterocycles. The highest BCUT2D eigenvalue weighted by atomic mass is 32.2. The minimum atomic E-state index is -0.921. The zero-order chi connectivity index (χ0) is 13.9. The molecule has 1 saturated carbocycles. The van der Waals surface area contributed by atoms with Crippen LogP contribution in [-0.2, 0) is 9.53 Å². The molecule has 0 spiro atoms. The molecule has 0 bridgehead atoms. The SMILES string of the molecule is COC(=O)C1(N)CCCC(Sc2ccccc2F)C1. The van der Waals surface area contributed by atoms with Crippen LogP contribution in [0.2, 0.25) is 0 Å². The first-order valence-corrected chi connectivity index (χ1v) is 7.21. The van der Waals surface area contributed by atoms with Crippen LogP contribution in [0.3, 0.4) is 0 Å². The number of methoxy groups -OCH3 is 1. The Labute approximate surface area is 116 Å². The van der Waals surface area contributed by atoms with Crippen LogP contribution in [0, 0.1) is 5.82 Å². The van der Waals surface area contributed by atoms with Gasteiger partial charge in [0, 0.05) is 10.1 Å². The van der Waals surface area contributed by atoms with Crippen LogP contribution < -0.4 is 5.73 Å². The van der Waals surface area contributed by atoms with E-state index in [2.05, 4.69) is 0 Å². The molecule has 19 heavy (non-hydrogen) atoms. The van der Waals surface area contributed by atoms with Gasteiger partial charge in [0.1, 0.15) is 11.4 Å². The second-order valence-electron chi connectivity index (χ2n) is 4.91. The van der Waals surface area contributed by atoms with Gasteiger partial charge in [0.15, 0.2) is 0 Å². The number of hydrogen-bond acceptors (Lipinski definition) is 4. The lowest BCUT2D eigenvalue weighted by atomic mass is 9.82. The predicted octanol–water partition coefficient (Wildman–Crippen LogP) is 2.73. The summed E-state index contributed by atoms with van der Waals surface area (Å²) in [5, 5.41) is 0.148. The van der Waals surface area contributed by atoms with E-state index in [1.807, 2.05) is 6.07 Å². The molecule has 2 atom stereocenters. The molecular formula is C14H18FNO2S. The van der Waals surface area contributed by atoms with Gasteiger partial charge in [0.05, 0.1) is 7.11 Å². The molecule has 0 aromatic heterocycles. The first kappa shape index (κ1) is 14.3. The predicted molar refractivity (Wildman–Crippen MR) is 73.4 cm³/mol. The number of esters is 1. The zero-order valence-electron chi connectivity index (χ0n) is 10.9. The third kappa shape index (κ3) is 3.28. The number of ether oxygens (including phenoxy) is 1. The lowest BCUT2D eigenvalue weighted by Crippen LogP contribution is -2.52. The summed E-state index contributed by atoms with van der Waals surface area (Å²) in [6.07, 6.45) is 2.96. The van der Waals surface area contributed by atoms with Gasteiger partial charge in [-0.3, -0.25) is 4.79 Å². The van der Waals surface area contributed by atoms with Gasteiger partial charge >= 0.3 is 5.97 Å². The van der Waals surface area contributed by atoms with Crippen molar-refractivity contribution in [3.05, 3.63) is 30.1 Å². The van der Waals surface area contributed by atoms with E-state index < -0.39 is 5.54 Å². The van der Waals surface area contributed by atoms with Crippen molar-refractivity contribution in [3.63, 3.8) is 0 Å². The minimum absolute atomic E-state index is 0.148. The van der Waals surface area contributed by atoms with Crippen molar-refractivity contribution in [1.82, 2.24) is 0 Å². The van der Waals surface area contributed by atoms with E-state index in [1.54, 1.807) is 12.1 Å². The maximum Gasteiger partial charge on any atom is 0.325 e. The van der Waals surface area contributed by atoms with Gasteiger partial charge in [-0.2, -0.15) is 0 Å². The molecule has 0 radical (unpaired) electrons. The number of thioether (sulfide) groups is 1. The number of carbonyl (C=O) groups is 1. The van der Waals surface area contributed by atoms with E-state index in [9.17, 15) is 9.18 Å². The van der Waals surface area contributed by atoms with Crippen LogP contribution in [-0.4, -0.2) is 23.9 Å². The normalized spacial score (nSPS) is 27.0. The second-order valence-corrected chi connectivity index (χ2v) is 6.26. The van der Waals surface area contributed by atoms with Gasteiger partial charge in [-0.05, 0) is 37.8 Å². The van der Waals surface area contributed by atoms with E-state index in [0.717, 1.165) is 12.8 Å². The molecule has 0 heterocycles. The van der Waals surface area contributed by atoms with E-state index in [4.69, 9.17) is 10.5 Å². The summed E-state index contributed by atoms with van der Waals surface area (Å²) in [7, 11) is 1.35. The fourth-order valence-corrected chi connectivity index (χ4v) is 3.83. The Morgan fingerprint density at radius 2 is 2.26 bits per heavy atom. The van der Waals surface area contributed by atoms with Crippen molar-refractivity contribution in [2.45, 2.75) is 41.4 Å². The summed E-state index contributed by atoms with van der Waals surface area (Å²) < 4.78 is 18.4. The highest BCUT2D eigenvalue weighted by Crippen LogP contribution is 2.38. The zero-order valence-corrected chi connectivity index (χ0v) is 11.7. The molecule has 1 aliphatic carbocycles. The minimum Gasteiger partial charge on any atom is -0.468 e. The third-order valence-electron chi connectivity index (χ3n) is 3.46. The summed E-state index contributed by atoms with van der Waals surface area (Å²) >= 11 is 1.46. The Bertz CT molecular complexity index is 469. The highest BCUT2D eigenvalue weighted by Gasteiger charge is 2.40. The van der Waals surface area contributed by atoms with E-state index in [0.29, 0.717) is 17.7 Å². The fraction of sp³-hybridized carbons (Fsp3) is 0.500. The van der Waals surface area contributed by atoms with Gasteiger partial charge in [0.2, 0.25) is 0 Å². The van der Waals surface area contributed by atoms with Crippen molar-refractivity contribution in [1.29, 1.82) is 0 Å². The van der Waals surface area contributed by atoms with Crippen molar-refractivity contribution < 1.29 is 13.9 Å². The molecule has 1 fully saturated rings. The van der Waals surface area contributed by atoms with Crippen LogP contribution in [0.4, 0.5) is 4.39 Å². The van der Waals surface area contributed by atoms with Crippen LogP contribution in [0.1, 0.15) is 25.7 Å². The Balaban J connectivity index is 2.06. The molecule has 0 saturated heterocycles. The molecule has 1 aromatic rings. The summed E-state index contributed by atoms with van der Waals surface area (Å²) in [6.45, 7) is 0. The van der Waals surface area contributed by atoms with Gasteiger partial charge in [0.25, 0.3) is 0 Å². The molecule has 3 nitrogen and oxygen atoms in total. The van der Waals surface area contributed by atoms with Crippen LogP contribution in [0.15, 0.2) is 29.2 Å². The molecule has 104 valence electrons. The van der Waals surface area contributed by atoms with E-state index in [-0.39, 0.29) is 17.0 Å². The first-order chi connectivity index (χ1) is 9.05. The summed E-state index contributed by atoms with van der Waals surface area (Å²) in [5.74, 6) is -0.593. The number of hydrogen-bond donors (Lipinski definition) is 1. The van der Waals surface area contributed by atoms with Crippen LogP contribution >= 0.6 is 11.8 Å². The largest absolute Gasteiger partial charge is 0.468 e. The quantitative estimate of drug-likeness (QED) is 0.867. The number of halogens is 1. The molecular weight excluding hydrogens is 265 g/mol. The van der Waals surface area contributed by atoms with Gasteiger partial charge in [-0.1, -0.05) is 12.1 Å². The Hall–Kier alpha value is -1.07. The molecule has 1 aliphatic rings. The molecule has 2 unspecified atom stereocenters. The second kappa shape index (κ2) is 5.92. The highest BCUT2D eigenvalue weighted by molar-refractivity contribution is 8.00. The molecule has 0 amide bonds. The lowest BCUT2D eigenvalue weighted by Gasteiger charge is -2.35. The Morgan fingerprint density at radius 1 is 1.53 bits per heavy atom. The average Bonchev–Trinajstić information content (AvgIpc) is 2.40.